The molecule has 1 saturated carbocycles. The summed E-state index contributed by atoms with van der Waals surface area (Å²) in [4.78, 5) is 14.6. The molecule has 5 heteroatoms. The third kappa shape index (κ3) is 5.71. The van der Waals surface area contributed by atoms with Crippen molar-refractivity contribution in [2.75, 3.05) is 26.7 Å². The number of hydrogen-bond acceptors (Lipinski definition) is 3. The summed E-state index contributed by atoms with van der Waals surface area (Å²) in [5.74, 6) is 1.55. The average molecular weight is 332 g/mol. The molecule has 0 radical (unpaired) electrons. The van der Waals surface area contributed by atoms with Crippen molar-refractivity contribution in [3.63, 3.8) is 0 Å². The maximum Gasteiger partial charge on any atom is 0.234 e. The van der Waals surface area contributed by atoms with Gasteiger partial charge in [0, 0.05) is 12.1 Å². The van der Waals surface area contributed by atoms with Crippen LogP contribution in [0.25, 0.3) is 0 Å². The van der Waals surface area contributed by atoms with E-state index in [-0.39, 0.29) is 18.3 Å². The Morgan fingerprint density at radius 3 is 2.68 bits per heavy atom. The van der Waals surface area contributed by atoms with Gasteiger partial charge in [0.15, 0.2) is 0 Å². The molecule has 0 aromatic rings. The van der Waals surface area contributed by atoms with Gasteiger partial charge in [-0.15, -0.1) is 12.4 Å². The molecule has 2 rings (SSSR count). The standard InChI is InChI=1S/C17H33N3O.ClH/c1-13-6-4-8-16(14(13)2)19-17(21)12-20(3)15-7-5-10-18-11-9-15;/h13-16,18H,4-12H2,1-3H3,(H,19,21);1H. The molecule has 4 nitrogen and oxygen atoms in total. The highest BCUT2D eigenvalue weighted by Crippen LogP contribution is 2.29. The van der Waals surface area contributed by atoms with Crippen LogP contribution in [0.1, 0.15) is 52.4 Å². The Morgan fingerprint density at radius 2 is 1.91 bits per heavy atom. The maximum atomic E-state index is 12.3. The quantitative estimate of drug-likeness (QED) is 0.831. The van der Waals surface area contributed by atoms with Gasteiger partial charge < -0.3 is 10.6 Å². The van der Waals surface area contributed by atoms with Crippen LogP contribution in [0.5, 0.6) is 0 Å². The van der Waals surface area contributed by atoms with Gasteiger partial charge in [-0.05, 0) is 57.7 Å². The van der Waals surface area contributed by atoms with Crippen LogP contribution in [0.2, 0.25) is 0 Å². The Hall–Kier alpha value is -0.320. The van der Waals surface area contributed by atoms with Crippen molar-refractivity contribution in [2.45, 2.75) is 64.5 Å². The van der Waals surface area contributed by atoms with E-state index < -0.39 is 0 Å². The lowest BCUT2D eigenvalue weighted by atomic mass is 9.78. The third-order valence-corrected chi connectivity index (χ3v) is 5.61. The lowest BCUT2D eigenvalue weighted by molar-refractivity contribution is -0.124. The number of amides is 1. The van der Waals surface area contributed by atoms with E-state index in [0.29, 0.717) is 24.5 Å². The fraction of sp³-hybridized carbons (Fsp3) is 0.941. The van der Waals surface area contributed by atoms with Crippen LogP contribution < -0.4 is 10.6 Å². The Labute approximate surface area is 142 Å². The van der Waals surface area contributed by atoms with Gasteiger partial charge in [0.2, 0.25) is 5.91 Å². The number of nitrogens with one attached hydrogen (secondary N) is 2. The topological polar surface area (TPSA) is 44.4 Å². The smallest absolute Gasteiger partial charge is 0.234 e. The largest absolute Gasteiger partial charge is 0.352 e. The zero-order valence-electron chi connectivity index (χ0n) is 14.4. The van der Waals surface area contributed by atoms with E-state index in [1.807, 2.05) is 0 Å². The second-order valence-electron chi connectivity index (χ2n) is 7.19. The van der Waals surface area contributed by atoms with E-state index >= 15 is 0 Å². The number of halogens is 1. The molecular formula is C17H34ClN3O. The summed E-state index contributed by atoms with van der Waals surface area (Å²) >= 11 is 0. The molecule has 1 aliphatic heterocycles. The van der Waals surface area contributed by atoms with Crippen LogP contribution in [0, 0.1) is 11.8 Å². The summed E-state index contributed by atoms with van der Waals surface area (Å²) < 4.78 is 0. The third-order valence-electron chi connectivity index (χ3n) is 5.61. The molecule has 0 bridgehead atoms. The number of carbonyl (C=O) groups excluding carboxylic acids is 1. The first-order valence-corrected chi connectivity index (χ1v) is 8.78. The van der Waals surface area contributed by atoms with Gasteiger partial charge in [-0.25, -0.2) is 0 Å². The van der Waals surface area contributed by atoms with Gasteiger partial charge in [-0.3, -0.25) is 9.69 Å². The first-order chi connectivity index (χ1) is 10.1. The van der Waals surface area contributed by atoms with Gasteiger partial charge in [0.25, 0.3) is 0 Å². The summed E-state index contributed by atoms with van der Waals surface area (Å²) in [5.41, 5.74) is 0. The Bertz CT molecular complexity index is 332. The molecule has 4 unspecified atom stereocenters. The van der Waals surface area contributed by atoms with Crippen molar-refractivity contribution in [3.05, 3.63) is 0 Å². The van der Waals surface area contributed by atoms with Gasteiger partial charge in [0.05, 0.1) is 6.54 Å². The molecule has 1 aliphatic carbocycles. The summed E-state index contributed by atoms with van der Waals surface area (Å²) in [5, 5.41) is 6.72. The molecule has 22 heavy (non-hydrogen) atoms. The zero-order valence-corrected chi connectivity index (χ0v) is 15.3. The van der Waals surface area contributed by atoms with Crippen molar-refractivity contribution in [3.8, 4) is 0 Å². The number of nitrogens with zero attached hydrogens (tertiary/aromatic N) is 1. The highest BCUT2D eigenvalue weighted by atomic mass is 35.5. The number of hydrogen-bond donors (Lipinski definition) is 2. The predicted molar refractivity (Wildman–Crippen MR) is 94.5 cm³/mol. The molecule has 1 heterocycles. The lowest BCUT2D eigenvalue weighted by Gasteiger charge is -2.35. The monoisotopic (exact) mass is 331 g/mol. The predicted octanol–water partition coefficient (Wildman–Crippen LogP) is 2.42. The van der Waals surface area contributed by atoms with E-state index in [4.69, 9.17) is 0 Å². The molecule has 1 amide bonds. The molecule has 2 aliphatic rings. The first-order valence-electron chi connectivity index (χ1n) is 8.78. The minimum atomic E-state index is 0. The molecule has 0 aromatic carbocycles. The highest BCUT2D eigenvalue weighted by molar-refractivity contribution is 5.85. The Kier molecular flexibility index (Phi) is 8.73. The number of likely N-dealkylation sites (N-methyl/N-ethyl adjacent to an activating group) is 1. The SMILES string of the molecule is CC1CCCC(NC(=O)CN(C)C2CCCNCC2)C1C.Cl. The van der Waals surface area contributed by atoms with E-state index in [9.17, 15) is 4.79 Å². The molecule has 4 atom stereocenters. The molecule has 130 valence electrons. The van der Waals surface area contributed by atoms with Crippen molar-refractivity contribution in [1.29, 1.82) is 0 Å². The van der Waals surface area contributed by atoms with E-state index in [2.05, 4.69) is 36.4 Å². The molecule has 1 saturated heterocycles. The minimum absolute atomic E-state index is 0. The zero-order chi connectivity index (χ0) is 15.2. The van der Waals surface area contributed by atoms with Gasteiger partial charge in [-0.2, -0.15) is 0 Å². The maximum absolute atomic E-state index is 12.3. The van der Waals surface area contributed by atoms with Crippen molar-refractivity contribution in [2.24, 2.45) is 11.8 Å². The minimum Gasteiger partial charge on any atom is -0.352 e. The van der Waals surface area contributed by atoms with E-state index in [0.717, 1.165) is 31.8 Å². The molecule has 0 aromatic heterocycles. The average Bonchev–Trinajstić information content (AvgIpc) is 2.73. The lowest BCUT2D eigenvalue weighted by Crippen LogP contribution is -2.48. The Balaban J connectivity index is 0.00000242. The van der Waals surface area contributed by atoms with Crippen molar-refractivity contribution in [1.82, 2.24) is 15.5 Å². The fourth-order valence-electron chi connectivity index (χ4n) is 3.84. The normalized spacial score (nSPS) is 32.9. The van der Waals surface area contributed by atoms with Gasteiger partial charge in [0.1, 0.15) is 0 Å². The van der Waals surface area contributed by atoms with Crippen LogP contribution in [-0.2, 0) is 4.79 Å². The van der Waals surface area contributed by atoms with Crippen LogP contribution in [0.4, 0.5) is 0 Å². The summed E-state index contributed by atoms with van der Waals surface area (Å²) in [6.45, 7) is 7.34. The molecule has 0 spiro atoms. The first kappa shape index (κ1) is 19.7. The van der Waals surface area contributed by atoms with E-state index in [1.54, 1.807) is 0 Å². The number of carbonyl (C=O) groups is 1. The molecule has 2 fully saturated rings. The second-order valence-corrected chi connectivity index (χ2v) is 7.19. The van der Waals surface area contributed by atoms with E-state index in [1.165, 1.54) is 25.7 Å². The fourth-order valence-corrected chi connectivity index (χ4v) is 3.84. The summed E-state index contributed by atoms with van der Waals surface area (Å²) in [6, 6.07) is 0.930. The van der Waals surface area contributed by atoms with Crippen molar-refractivity contribution >= 4 is 18.3 Å². The molecular weight excluding hydrogens is 298 g/mol. The van der Waals surface area contributed by atoms with Crippen molar-refractivity contribution < 1.29 is 4.79 Å². The molecule has 2 N–H and O–H groups in total. The second kappa shape index (κ2) is 9.74. The van der Waals surface area contributed by atoms with Crippen LogP contribution in [-0.4, -0.2) is 49.6 Å². The van der Waals surface area contributed by atoms with Crippen LogP contribution in [0.3, 0.4) is 0 Å². The number of rotatable bonds is 4. The van der Waals surface area contributed by atoms with Gasteiger partial charge in [-0.1, -0.05) is 26.7 Å². The van der Waals surface area contributed by atoms with Crippen LogP contribution in [0.15, 0.2) is 0 Å². The summed E-state index contributed by atoms with van der Waals surface area (Å²) in [7, 11) is 2.10. The van der Waals surface area contributed by atoms with Crippen LogP contribution >= 0.6 is 12.4 Å². The Morgan fingerprint density at radius 1 is 1.14 bits per heavy atom. The van der Waals surface area contributed by atoms with Gasteiger partial charge >= 0.3 is 0 Å². The summed E-state index contributed by atoms with van der Waals surface area (Å²) in [6.07, 6.45) is 7.28. The highest BCUT2D eigenvalue weighted by Gasteiger charge is 2.28.